The number of nitrogens with two attached hydrogens (primary N) is 1. The SMILES string of the molecule is Cn1c(Nc2ccc(Cl)c(-c3ccncc3)c2)nc2cc(Oc3ccnc(C(N)=O)c3)ccc21. The van der Waals surface area contributed by atoms with E-state index < -0.39 is 5.91 Å². The van der Waals surface area contributed by atoms with Gasteiger partial charge in [-0.3, -0.25) is 14.8 Å². The summed E-state index contributed by atoms with van der Waals surface area (Å²) in [6.07, 6.45) is 4.94. The standard InChI is InChI=1S/C25H19ClN6O2/c1-32-23-5-3-17(34-18-8-11-29-22(14-18)24(27)33)13-21(23)31-25(32)30-16-2-4-20(26)19(12-16)15-6-9-28-10-7-15/h2-14H,1H3,(H2,27,33)(H,30,31). The number of nitrogens with zero attached hydrogens (tertiary/aromatic N) is 4. The van der Waals surface area contributed by atoms with Crippen molar-refractivity contribution in [3.8, 4) is 22.6 Å². The third kappa shape index (κ3) is 4.26. The van der Waals surface area contributed by atoms with Gasteiger partial charge >= 0.3 is 0 Å². The minimum absolute atomic E-state index is 0.136. The lowest BCUT2D eigenvalue weighted by Gasteiger charge is -2.10. The molecular formula is C25H19ClN6O2. The first kappa shape index (κ1) is 21.4. The fourth-order valence-electron chi connectivity index (χ4n) is 3.59. The second-order valence-corrected chi connectivity index (χ2v) is 7.95. The molecule has 0 saturated heterocycles. The van der Waals surface area contributed by atoms with Gasteiger partial charge in [-0.25, -0.2) is 4.98 Å². The van der Waals surface area contributed by atoms with Crippen LogP contribution in [0.4, 0.5) is 11.6 Å². The third-order valence-electron chi connectivity index (χ3n) is 5.29. The van der Waals surface area contributed by atoms with Gasteiger partial charge in [0.05, 0.1) is 11.0 Å². The van der Waals surface area contributed by atoms with E-state index in [1.165, 1.54) is 12.3 Å². The third-order valence-corrected chi connectivity index (χ3v) is 5.62. The molecule has 9 heteroatoms. The van der Waals surface area contributed by atoms with Crippen molar-refractivity contribution in [1.29, 1.82) is 0 Å². The van der Waals surface area contributed by atoms with Crippen LogP contribution in [0.2, 0.25) is 5.02 Å². The molecule has 168 valence electrons. The number of halogens is 1. The molecule has 8 nitrogen and oxygen atoms in total. The van der Waals surface area contributed by atoms with Crippen molar-refractivity contribution in [3.05, 3.63) is 90.0 Å². The van der Waals surface area contributed by atoms with Crippen LogP contribution >= 0.6 is 11.6 Å². The van der Waals surface area contributed by atoms with E-state index in [0.717, 1.165) is 27.8 Å². The number of hydrogen-bond donors (Lipinski definition) is 2. The molecule has 34 heavy (non-hydrogen) atoms. The Bertz CT molecular complexity index is 1520. The number of anilines is 2. The molecule has 0 fully saturated rings. The largest absolute Gasteiger partial charge is 0.457 e. The van der Waals surface area contributed by atoms with Crippen LogP contribution in [0.15, 0.2) is 79.3 Å². The fourth-order valence-corrected chi connectivity index (χ4v) is 3.81. The van der Waals surface area contributed by atoms with E-state index in [-0.39, 0.29) is 5.69 Å². The molecule has 0 bridgehead atoms. The Balaban J connectivity index is 1.43. The molecule has 0 atom stereocenters. The van der Waals surface area contributed by atoms with Crippen molar-refractivity contribution in [3.63, 3.8) is 0 Å². The molecule has 3 aromatic heterocycles. The minimum atomic E-state index is -0.615. The smallest absolute Gasteiger partial charge is 0.267 e. The number of hydrogen-bond acceptors (Lipinski definition) is 6. The van der Waals surface area contributed by atoms with E-state index in [4.69, 9.17) is 27.1 Å². The van der Waals surface area contributed by atoms with Crippen molar-refractivity contribution in [2.45, 2.75) is 0 Å². The Morgan fingerprint density at radius 3 is 2.59 bits per heavy atom. The highest BCUT2D eigenvalue weighted by Gasteiger charge is 2.12. The highest BCUT2D eigenvalue weighted by atomic mass is 35.5. The number of primary amides is 1. The second-order valence-electron chi connectivity index (χ2n) is 7.54. The summed E-state index contributed by atoms with van der Waals surface area (Å²) >= 11 is 6.43. The lowest BCUT2D eigenvalue weighted by Crippen LogP contribution is -2.12. The van der Waals surface area contributed by atoms with Crippen LogP contribution in [0.5, 0.6) is 11.5 Å². The first-order chi connectivity index (χ1) is 16.5. The number of fused-ring (bicyclic) bond motifs is 1. The van der Waals surface area contributed by atoms with Crippen molar-refractivity contribution in [2.75, 3.05) is 5.32 Å². The summed E-state index contributed by atoms with van der Waals surface area (Å²) in [7, 11) is 1.93. The van der Waals surface area contributed by atoms with Crippen molar-refractivity contribution < 1.29 is 9.53 Å². The van der Waals surface area contributed by atoms with Crippen LogP contribution in [-0.2, 0) is 7.05 Å². The fraction of sp³-hybridized carbons (Fsp3) is 0.0400. The van der Waals surface area contributed by atoms with Crippen LogP contribution in [0.25, 0.3) is 22.2 Å². The van der Waals surface area contributed by atoms with E-state index in [9.17, 15) is 4.79 Å². The number of ether oxygens (including phenoxy) is 1. The van der Waals surface area contributed by atoms with Gasteiger partial charge in [0.1, 0.15) is 17.2 Å². The number of benzene rings is 2. The van der Waals surface area contributed by atoms with Crippen LogP contribution in [0.3, 0.4) is 0 Å². The summed E-state index contributed by atoms with van der Waals surface area (Å²) in [5.74, 6) is 1.08. The summed E-state index contributed by atoms with van der Waals surface area (Å²) in [5, 5.41) is 4.02. The number of amides is 1. The number of aromatic nitrogens is 4. The van der Waals surface area contributed by atoms with Gasteiger partial charge in [-0.15, -0.1) is 0 Å². The van der Waals surface area contributed by atoms with Crippen molar-refractivity contribution in [2.24, 2.45) is 12.8 Å². The van der Waals surface area contributed by atoms with Crippen LogP contribution < -0.4 is 15.8 Å². The van der Waals surface area contributed by atoms with Gasteiger partial charge in [0, 0.05) is 54.0 Å². The predicted octanol–water partition coefficient (Wildman–Crippen LogP) is 5.32. The van der Waals surface area contributed by atoms with E-state index >= 15 is 0 Å². The highest BCUT2D eigenvalue weighted by molar-refractivity contribution is 6.33. The average Bonchev–Trinajstić information content (AvgIpc) is 3.15. The van der Waals surface area contributed by atoms with E-state index in [0.29, 0.717) is 22.5 Å². The average molecular weight is 471 g/mol. The Hall–Kier alpha value is -4.43. The molecule has 0 radical (unpaired) electrons. The number of rotatable bonds is 6. The predicted molar refractivity (Wildman–Crippen MR) is 132 cm³/mol. The van der Waals surface area contributed by atoms with E-state index in [1.807, 2.05) is 60.1 Å². The second kappa shape index (κ2) is 8.84. The molecule has 2 aromatic carbocycles. The Morgan fingerprint density at radius 2 is 1.79 bits per heavy atom. The summed E-state index contributed by atoms with van der Waals surface area (Å²) in [6, 6.07) is 18.3. The van der Waals surface area contributed by atoms with Crippen molar-refractivity contribution >= 4 is 40.2 Å². The summed E-state index contributed by atoms with van der Waals surface area (Å²) in [4.78, 5) is 24.1. The molecule has 5 aromatic rings. The molecule has 3 N–H and O–H groups in total. The molecular weight excluding hydrogens is 452 g/mol. The van der Waals surface area contributed by atoms with Gasteiger partial charge in [-0.05, 0) is 54.1 Å². The number of pyridine rings is 2. The minimum Gasteiger partial charge on any atom is -0.457 e. The molecule has 0 unspecified atom stereocenters. The van der Waals surface area contributed by atoms with Gasteiger partial charge in [-0.1, -0.05) is 11.6 Å². The highest BCUT2D eigenvalue weighted by Crippen LogP contribution is 2.32. The van der Waals surface area contributed by atoms with Gasteiger partial charge in [0.15, 0.2) is 0 Å². The van der Waals surface area contributed by atoms with Gasteiger partial charge < -0.3 is 20.4 Å². The molecule has 0 spiro atoms. The zero-order chi connectivity index (χ0) is 23.7. The summed E-state index contributed by atoms with van der Waals surface area (Å²) in [6.45, 7) is 0. The zero-order valence-corrected chi connectivity index (χ0v) is 18.8. The van der Waals surface area contributed by atoms with Gasteiger partial charge in [0.2, 0.25) is 5.95 Å². The number of carbonyl (C=O) groups is 1. The molecule has 0 aliphatic heterocycles. The van der Waals surface area contributed by atoms with Crippen LogP contribution in [0.1, 0.15) is 10.5 Å². The summed E-state index contributed by atoms with van der Waals surface area (Å²) < 4.78 is 7.84. The maximum Gasteiger partial charge on any atom is 0.267 e. The van der Waals surface area contributed by atoms with Crippen LogP contribution in [0, 0.1) is 0 Å². The number of carbonyl (C=O) groups excluding carboxylic acids is 1. The van der Waals surface area contributed by atoms with E-state index in [2.05, 4.69) is 15.3 Å². The first-order valence-corrected chi connectivity index (χ1v) is 10.7. The quantitative estimate of drug-likeness (QED) is 0.348. The molecule has 0 aliphatic rings. The maximum absolute atomic E-state index is 11.4. The number of aryl methyl sites for hydroxylation is 1. The molecule has 3 heterocycles. The van der Waals surface area contributed by atoms with E-state index in [1.54, 1.807) is 18.5 Å². The van der Waals surface area contributed by atoms with Crippen LogP contribution in [-0.4, -0.2) is 25.4 Å². The molecule has 0 aliphatic carbocycles. The lowest BCUT2D eigenvalue weighted by atomic mass is 10.1. The first-order valence-electron chi connectivity index (χ1n) is 10.3. The zero-order valence-electron chi connectivity index (χ0n) is 18.1. The Labute approximate surface area is 200 Å². The molecule has 5 rings (SSSR count). The molecule has 0 saturated carbocycles. The van der Waals surface area contributed by atoms with Gasteiger partial charge in [-0.2, -0.15) is 0 Å². The monoisotopic (exact) mass is 470 g/mol. The lowest BCUT2D eigenvalue weighted by molar-refractivity contribution is 0.0995. The Morgan fingerprint density at radius 1 is 1.00 bits per heavy atom. The maximum atomic E-state index is 11.4. The summed E-state index contributed by atoms with van der Waals surface area (Å²) in [5.41, 5.74) is 9.83. The number of imidazole rings is 1. The number of nitrogens with one attached hydrogen (secondary N) is 1. The van der Waals surface area contributed by atoms with Crippen molar-refractivity contribution in [1.82, 2.24) is 19.5 Å². The normalized spacial score (nSPS) is 10.9. The molecule has 1 amide bonds. The topological polar surface area (TPSA) is 108 Å². The van der Waals surface area contributed by atoms with Gasteiger partial charge in [0.25, 0.3) is 5.91 Å². The Kier molecular flexibility index (Phi) is 5.57.